The molecule has 1 aliphatic heterocycles. The quantitative estimate of drug-likeness (QED) is 0.564. The minimum absolute atomic E-state index is 0.107. The third kappa shape index (κ3) is 4.64. The fourth-order valence-corrected chi connectivity index (χ4v) is 5.25. The molecule has 1 aromatic heterocycles. The van der Waals surface area contributed by atoms with E-state index in [1.807, 2.05) is 24.3 Å². The standard InChI is InChI=1S/C23H28N2O3S/c1-17(28-23(27)21-16-18-8-4-2-7-11-20(18)29-21)22(26)25-14-12-24(13-15-25)19-9-5-3-6-10-19/h3,5-6,9-10,16-17H,2,4,7-8,11-15H2,1H3/t17-/m1/s1. The molecule has 6 heteroatoms. The molecule has 5 nitrogen and oxygen atoms in total. The highest BCUT2D eigenvalue weighted by molar-refractivity contribution is 7.14. The second-order valence-corrected chi connectivity index (χ2v) is 8.95. The molecule has 29 heavy (non-hydrogen) atoms. The predicted molar refractivity (Wildman–Crippen MR) is 116 cm³/mol. The van der Waals surface area contributed by atoms with Crippen molar-refractivity contribution in [3.05, 3.63) is 51.7 Å². The molecule has 4 rings (SSSR count). The second kappa shape index (κ2) is 8.99. The van der Waals surface area contributed by atoms with Crippen molar-refractivity contribution in [2.75, 3.05) is 31.1 Å². The van der Waals surface area contributed by atoms with Gasteiger partial charge in [0.1, 0.15) is 4.88 Å². The van der Waals surface area contributed by atoms with E-state index in [0.29, 0.717) is 18.0 Å². The average Bonchev–Trinajstić information content (AvgIpc) is 3.04. The molecule has 0 unspecified atom stereocenters. The van der Waals surface area contributed by atoms with Crippen molar-refractivity contribution in [3.8, 4) is 0 Å². The van der Waals surface area contributed by atoms with Gasteiger partial charge in [-0.15, -0.1) is 11.3 Å². The third-order valence-corrected chi connectivity index (χ3v) is 7.01. The molecular weight excluding hydrogens is 384 g/mol. The highest BCUT2D eigenvalue weighted by Crippen LogP contribution is 2.29. The lowest BCUT2D eigenvalue weighted by atomic mass is 10.1. The number of amides is 1. The molecule has 0 saturated carbocycles. The molecule has 1 atom stereocenters. The molecule has 1 aromatic carbocycles. The van der Waals surface area contributed by atoms with Crippen LogP contribution in [0.5, 0.6) is 0 Å². The number of esters is 1. The van der Waals surface area contributed by atoms with Gasteiger partial charge in [-0.2, -0.15) is 0 Å². The summed E-state index contributed by atoms with van der Waals surface area (Å²) in [6.07, 6.45) is 4.96. The monoisotopic (exact) mass is 412 g/mol. The van der Waals surface area contributed by atoms with Crippen LogP contribution in [0, 0.1) is 0 Å². The van der Waals surface area contributed by atoms with Gasteiger partial charge in [-0.25, -0.2) is 4.79 Å². The van der Waals surface area contributed by atoms with E-state index in [1.165, 1.54) is 46.7 Å². The van der Waals surface area contributed by atoms with Crippen molar-refractivity contribution in [1.82, 2.24) is 4.90 Å². The van der Waals surface area contributed by atoms with Crippen LogP contribution in [-0.2, 0) is 22.4 Å². The summed E-state index contributed by atoms with van der Waals surface area (Å²) in [5, 5.41) is 0. The molecule has 0 bridgehead atoms. The van der Waals surface area contributed by atoms with E-state index in [2.05, 4.69) is 17.0 Å². The topological polar surface area (TPSA) is 49.9 Å². The third-order valence-electron chi connectivity index (χ3n) is 5.79. The summed E-state index contributed by atoms with van der Waals surface area (Å²) in [5.41, 5.74) is 2.46. The molecule has 0 radical (unpaired) electrons. The summed E-state index contributed by atoms with van der Waals surface area (Å²) < 4.78 is 5.54. The lowest BCUT2D eigenvalue weighted by Gasteiger charge is -2.37. The van der Waals surface area contributed by atoms with Crippen LogP contribution >= 0.6 is 11.3 Å². The largest absolute Gasteiger partial charge is 0.448 e. The number of para-hydroxylation sites is 1. The Morgan fingerprint density at radius 2 is 1.72 bits per heavy atom. The van der Waals surface area contributed by atoms with Crippen molar-refractivity contribution < 1.29 is 14.3 Å². The number of carbonyl (C=O) groups excluding carboxylic acids is 2. The Balaban J connectivity index is 1.31. The highest BCUT2D eigenvalue weighted by Gasteiger charge is 2.28. The molecule has 154 valence electrons. The van der Waals surface area contributed by atoms with Gasteiger partial charge in [-0.1, -0.05) is 24.6 Å². The van der Waals surface area contributed by atoms with Crippen LogP contribution in [0.15, 0.2) is 36.4 Å². The Kier molecular flexibility index (Phi) is 6.19. The van der Waals surface area contributed by atoms with Crippen LogP contribution in [0.4, 0.5) is 5.69 Å². The summed E-state index contributed by atoms with van der Waals surface area (Å²) >= 11 is 1.54. The summed E-state index contributed by atoms with van der Waals surface area (Å²) in [7, 11) is 0. The van der Waals surface area contributed by atoms with E-state index < -0.39 is 6.10 Å². The Morgan fingerprint density at radius 3 is 2.48 bits per heavy atom. The van der Waals surface area contributed by atoms with Gasteiger partial charge >= 0.3 is 5.97 Å². The lowest BCUT2D eigenvalue weighted by Crippen LogP contribution is -2.51. The maximum atomic E-state index is 12.8. The molecular formula is C23H28N2O3S. The molecule has 0 N–H and O–H groups in total. The summed E-state index contributed by atoms with van der Waals surface area (Å²) in [6, 6.07) is 12.2. The zero-order valence-corrected chi connectivity index (χ0v) is 17.7. The Morgan fingerprint density at radius 1 is 1.00 bits per heavy atom. The van der Waals surface area contributed by atoms with Crippen molar-refractivity contribution in [2.24, 2.45) is 0 Å². The number of aryl methyl sites for hydroxylation is 2. The van der Waals surface area contributed by atoms with Crippen LogP contribution in [-0.4, -0.2) is 49.1 Å². The molecule has 1 saturated heterocycles. The Bertz CT molecular complexity index is 833. The van der Waals surface area contributed by atoms with E-state index in [1.54, 1.807) is 11.8 Å². The van der Waals surface area contributed by atoms with Gasteiger partial charge in [-0.05, 0) is 56.4 Å². The first-order valence-electron chi connectivity index (χ1n) is 10.5. The number of hydrogen-bond acceptors (Lipinski definition) is 5. The smallest absolute Gasteiger partial charge is 0.349 e. The normalized spacial score (nSPS) is 18.0. The first-order chi connectivity index (χ1) is 14.1. The zero-order valence-electron chi connectivity index (χ0n) is 16.9. The Labute approximate surface area is 176 Å². The molecule has 2 aromatic rings. The SMILES string of the molecule is C[C@@H](OC(=O)c1cc2c(s1)CCCCC2)C(=O)N1CCN(c2ccccc2)CC1. The van der Waals surface area contributed by atoms with E-state index in [-0.39, 0.29) is 11.9 Å². The number of anilines is 1. The lowest BCUT2D eigenvalue weighted by molar-refractivity contribution is -0.140. The summed E-state index contributed by atoms with van der Waals surface area (Å²) in [4.78, 5) is 31.4. The van der Waals surface area contributed by atoms with E-state index >= 15 is 0 Å². The van der Waals surface area contributed by atoms with Crippen LogP contribution < -0.4 is 4.90 Å². The van der Waals surface area contributed by atoms with Crippen molar-refractivity contribution >= 4 is 28.9 Å². The van der Waals surface area contributed by atoms with E-state index in [4.69, 9.17) is 4.74 Å². The van der Waals surface area contributed by atoms with Gasteiger partial charge < -0.3 is 14.5 Å². The van der Waals surface area contributed by atoms with E-state index in [9.17, 15) is 9.59 Å². The molecule has 1 aliphatic carbocycles. The number of thiophene rings is 1. The fourth-order valence-electron chi connectivity index (χ4n) is 4.12. The first kappa shape index (κ1) is 20.0. The number of piperazine rings is 1. The zero-order chi connectivity index (χ0) is 20.2. The minimum atomic E-state index is -0.757. The van der Waals surface area contributed by atoms with Crippen LogP contribution in [0.25, 0.3) is 0 Å². The fraction of sp³-hybridized carbons (Fsp3) is 0.478. The predicted octanol–water partition coefficient (Wildman–Crippen LogP) is 3.91. The number of hydrogen-bond donors (Lipinski definition) is 0. The van der Waals surface area contributed by atoms with E-state index in [0.717, 1.165) is 25.9 Å². The van der Waals surface area contributed by atoms with Gasteiger partial charge in [0.15, 0.2) is 6.10 Å². The first-order valence-corrected chi connectivity index (χ1v) is 11.3. The number of ether oxygens (including phenoxy) is 1. The van der Waals surface area contributed by atoms with Crippen LogP contribution in [0.1, 0.15) is 46.3 Å². The number of rotatable bonds is 4. The minimum Gasteiger partial charge on any atom is -0.448 e. The van der Waals surface area contributed by atoms with Gasteiger partial charge in [-0.3, -0.25) is 4.79 Å². The van der Waals surface area contributed by atoms with Crippen molar-refractivity contribution in [3.63, 3.8) is 0 Å². The van der Waals surface area contributed by atoms with Gasteiger partial charge in [0.05, 0.1) is 0 Å². The second-order valence-electron chi connectivity index (χ2n) is 7.82. The summed E-state index contributed by atoms with van der Waals surface area (Å²) in [6.45, 7) is 4.54. The molecule has 2 heterocycles. The molecule has 0 spiro atoms. The van der Waals surface area contributed by atoms with Crippen molar-refractivity contribution in [1.29, 1.82) is 0 Å². The van der Waals surface area contributed by atoms with Crippen molar-refractivity contribution in [2.45, 2.75) is 45.1 Å². The molecule has 1 fully saturated rings. The van der Waals surface area contributed by atoms with Gasteiger partial charge in [0.2, 0.25) is 0 Å². The molecule has 1 amide bonds. The van der Waals surface area contributed by atoms with Gasteiger partial charge in [0.25, 0.3) is 5.91 Å². The number of nitrogens with zero attached hydrogens (tertiary/aromatic N) is 2. The maximum absolute atomic E-state index is 12.8. The number of carbonyl (C=O) groups is 2. The highest BCUT2D eigenvalue weighted by atomic mass is 32.1. The van der Waals surface area contributed by atoms with Crippen LogP contribution in [0.3, 0.4) is 0 Å². The average molecular weight is 413 g/mol. The number of benzene rings is 1. The number of fused-ring (bicyclic) bond motifs is 1. The maximum Gasteiger partial charge on any atom is 0.349 e. The summed E-state index contributed by atoms with van der Waals surface area (Å²) in [5.74, 6) is -0.476. The van der Waals surface area contributed by atoms with Crippen LogP contribution in [0.2, 0.25) is 0 Å². The van der Waals surface area contributed by atoms with Gasteiger partial charge in [0, 0.05) is 36.7 Å². The Hall–Kier alpha value is -2.34. The molecule has 2 aliphatic rings.